The number of fused-ring (bicyclic) bond motifs is 3. The fourth-order valence-electron chi connectivity index (χ4n) is 3.78. The molecule has 2 aliphatic heterocycles. The summed E-state index contributed by atoms with van der Waals surface area (Å²) in [6, 6.07) is 6.39. The summed E-state index contributed by atoms with van der Waals surface area (Å²) in [7, 11) is 1.65. The molecular weight excluding hydrogens is 366 g/mol. The predicted molar refractivity (Wildman–Crippen MR) is 101 cm³/mol. The van der Waals surface area contributed by atoms with E-state index in [2.05, 4.69) is 23.4 Å². The quantitative estimate of drug-likeness (QED) is 0.761. The van der Waals surface area contributed by atoms with Crippen LogP contribution in [0.25, 0.3) is 0 Å². The number of aliphatic imine (C=N–C) groups is 1. The minimum atomic E-state index is -0.635. The summed E-state index contributed by atoms with van der Waals surface area (Å²) in [5.74, 6) is 0.862. The average molecular weight is 387 g/mol. The molecule has 2 aromatic rings. The number of rotatable bonds is 3. The van der Waals surface area contributed by atoms with Crippen LogP contribution in [0.15, 0.2) is 35.5 Å². The van der Waals surface area contributed by atoms with E-state index < -0.39 is 12.1 Å². The van der Waals surface area contributed by atoms with Gasteiger partial charge in [-0.2, -0.15) is 0 Å². The van der Waals surface area contributed by atoms with Crippen molar-refractivity contribution in [2.45, 2.75) is 39.4 Å². The lowest BCUT2D eigenvalue weighted by atomic mass is 10.1. The number of hydrogen-bond donors (Lipinski definition) is 0. The number of aryl methyl sites for hydroxylation is 1. The van der Waals surface area contributed by atoms with Gasteiger partial charge in [0, 0.05) is 12.1 Å². The summed E-state index contributed by atoms with van der Waals surface area (Å²) in [4.78, 5) is 33.4. The van der Waals surface area contributed by atoms with E-state index >= 15 is 0 Å². The number of amidine groups is 1. The second kappa shape index (κ2) is 6.20. The molecule has 27 heavy (non-hydrogen) atoms. The van der Waals surface area contributed by atoms with E-state index in [0.29, 0.717) is 16.8 Å². The third kappa shape index (κ3) is 2.56. The Balaban J connectivity index is 1.76. The molecule has 0 radical (unpaired) electrons. The molecular formula is C19H21ClN5O2+. The molecule has 3 heterocycles. The first-order valence-corrected chi connectivity index (χ1v) is 9.23. The van der Waals surface area contributed by atoms with Crippen LogP contribution in [0.5, 0.6) is 0 Å². The zero-order valence-electron chi connectivity index (χ0n) is 15.7. The summed E-state index contributed by atoms with van der Waals surface area (Å²) in [5, 5.41) is 0.529. The Kier molecular flexibility index (Phi) is 4.07. The Hall–Kier alpha value is -2.67. The molecule has 0 bridgehead atoms. The summed E-state index contributed by atoms with van der Waals surface area (Å²) in [6.07, 6.45) is 1.92. The molecule has 7 nitrogen and oxygen atoms in total. The van der Waals surface area contributed by atoms with Crippen LogP contribution < -0.4 is 4.57 Å². The van der Waals surface area contributed by atoms with Gasteiger partial charge in [-0.3, -0.25) is 14.6 Å². The number of amides is 3. The maximum atomic E-state index is 13.3. The van der Waals surface area contributed by atoms with Gasteiger partial charge in [-0.25, -0.2) is 13.9 Å². The SMILES string of the molecule is Cc1c[n+]2c(n1C(C)C)N=C1C2C(=O)N(Cc2ccccc2Cl)C(=O)N1C. The number of hydrogen-bond acceptors (Lipinski definition) is 3. The number of imide groups is 1. The molecule has 1 aromatic carbocycles. The predicted octanol–water partition coefficient (Wildman–Crippen LogP) is 3.00. The maximum absolute atomic E-state index is 13.3. The molecule has 8 heteroatoms. The highest BCUT2D eigenvalue weighted by Gasteiger charge is 2.53. The van der Waals surface area contributed by atoms with Crippen molar-refractivity contribution in [1.29, 1.82) is 0 Å². The molecule has 2 aliphatic rings. The van der Waals surface area contributed by atoms with Gasteiger partial charge in [0.05, 0.1) is 12.6 Å². The molecule has 1 saturated heterocycles. The van der Waals surface area contributed by atoms with Gasteiger partial charge in [0.2, 0.25) is 11.9 Å². The number of likely N-dealkylation sites (N-methyl/N-ethyl adjacent to an activating group) is 1. The van der Waals surface area contributed by atoms with Gasteiger partial charge >= 0.3 is 12.0 Å². The van der Waals surface area contributed by atoms with E-state index in [9.17, 15) is 9.59 Å². The number of halogens is 1. The van der Waals surface area contributed by atoms with E-state index in [4.69, 9.17) is 11.6 Å². The molecule has 1 fully saturated rings. The van der Waals surface area contributed by atoms with Gasteiger partial charge in [-0.15, -0.1) is 0 Å². The van der Waals surface area contributed by atoms with Gasteiger partial charge in [0.25, 0.3) is 5.91 Å². The van der Waals surface area contributed by atoms with E-state index in [1.54, 1.807) is 13.1 Å². The van der Waals surface area contributed by atoms with Crippen molar-refractivity contribution in [1.82, 2.24) is 14.4 Å². The first-order valence-electron chi connectivity index (χ1n) is 8.85. The second-order valence-corrected chi connectivity index (χ2v) is 7.58. The Labute approximate surface area is 162 Å². The van der Waals surface area contributed by atoms with Gasteiger partial charge < -0.3 is 0 Å². The molecule has 4 rings (SSSR count). The highest BCUT2D eigenvalue weighted by molar-refractivity contribution is 6.31. The number of carbonyl (C=O) groups is 2. The monoisotopic (exact) mass is 386 g/mol. The van der Waals surface area contributed by atoms with Crippen LogP contribution in [-0.4, -0.2) is 39.2 Å². The topological polar surface area (TPSA) is 61.8 Å². The molecule has 1 unspecified atom stereocenters. The molecule has 0 saturated carbocycles. The van der Waals surface area contributed by atoms with Crippen molar-refractivity contribution in [2.24, 2.45) is 4.99 Å². The van der Waals surface area contributed by atoms with Crippen molar-refractivity contribution in [3.63, 3.8) is 0 Å². The maximum Gasteiger partial charge on any atom is 0.402 e. The minimum Gasteiger partial charge on any atom is -0.270 e. The van der Waals surface area contributed by atoms with Crippen molar-refractivity contribution in [3.05, 3.63) is 46.7 Å². The van der Waals surface area contributed by atoms with Crippen LogP contribution in [0.4, 0.5) is 10.7 Å². The van der Waals surface area contributed by atoms with Gasteiger partial charge in [-0.05, 0) is 32.4 Å². The molecule has 1 aromatic heterocycles. The van der Waals surface area contributed by atoms with Crippen LogP contribution >= 0.6 is 11.6 Å². The summed E-state index contributed by atoms with van der Waals surface area (Å²) < 4.78 is 3.92. The summed E-state index contributed by atoms with van der Waals surface area (Å²) in [5.41, 5.74) is 1.75. The van der Waals surface area contributed by atoms with Crippen molar-refractivity contribution in [3.8, 4) is 0 Å². The summed E-state index contributed by atoms with van der Waals surface area (Å²) >= 11 is 6.23. The lowest BCUT2D eigenvalue weighted by Crippen LogP contribution is -2.62. The fourth-order valence-corrected chi connectivity index (χ4v) is 3.98. The molecule has 0 N–H and O–H groups in total. The van der Waals surface area contributed by atoms with Crippen LogP contribution in [0.1, 0.15) is 37.2 Å². The lowest BCUT2D eigenvalue weighted by Gasteiger charge is -2.33. The number of imidazole rings is 1. The van der Waals surface area contributed by atoms with Crippen LogP contribution in [-0.2, 0) is 11.3 Å². The second-order valence-electron chi connectivity index (χ2n) is 7.17. The van der Waals surface area contributed by atoms with E-state index in [1.807, 2.05) is 35.9 Å². The minimum absolute atomic E-state index is 0.130. The third-order valence-corrected chi connectivity index (χ3v) is 5.42. The summed E-state index contributed by atoms with van der Waals surface area (Å²) in [6.45, 7) is 6.25. The smallest absolute Gasteiger partial charge is 0.270 e. The number of carbonyl (C=O) groups excluding carboxylic acids is 2. The Morgan fingerprint density at radius 3 is 2.63 bits per heavy atom. The first kappa shape index (κ1) is 17.7. The molecule has 3 amide bonds. The molecule has 0 aliphatic carbocycles. The number of aromatic nitrogens is 2. The van der Waals surface area contributed by atoms with E-state index in [0.717, 1.165) is 11.3 Å². The van der Waals surface area contributed by atoms with Gasteiger partial charge in [-0.1, -0.05) is 34.8 Å². The average Bonchev–Trinajstić information content (AvgIpc) is 3.12. The van der Waals surface area contributed by atoms with Crippen molar-refractivity contribution in [2.75, 3.05) is 7.05 Å². The molecule has 140 valence electrons. The Morgan fingerprint density at radius 2 is 1.96 bits per heavy atom. The Bertz CT molecular complexity index is 994. The van der Waals surface area contributed by atoms with Crippen LogP contribution in [0.3, 0.4) is 0 Å². The van der Waals surface area contributed by atoms with Crippen molar-refractivity contribution < 1.29 is 14.2 Å². The van der Waals surface area contributed by atoms with Crippen LogP contribution in [0, 0.1) is 6.92 Å². The number of nitrogens with zero attached hydrogens (tertiary/aromatic N) is 5. The normalized spacial score (nSPS) is 18.9. The van der Waals surface area contributed by atoms with Crippen LogP contribution in [0.2, 0.25) is 5.02 Å². The number of benzene rings is 1. The Morgan fingerprint density at radius 1 is 1.26 bits per heavy atom. The third-order valence-electron chi connectivity index (χ3n) is 5.05. The first-order chi connectivity index (χ1) is 12.8. The number of urea groups is 1. The lowest BCUT2D eigenvalue weighted by molar-refractivity contribution is -0.677. The zero-order valence-corrected chi connectivity index (χ0v) is 16.4. The van der Waals surface area contributed by atoms with Gasteiger partial charge in [0.1, 0.15) is 11.9 Å². The highest BCUT2D eigenvalue weighted by Crippen LogP contribution is 2.32. The highest BCUT2D eigenvalue weighted by atomic mass is 35.5. The standard InChI is InChI=1S/C19H21ClN5O2/c1-11(2)25-12(3)9-23-15-16(21-18(23)25)22(4)19(27)24(17(15)26)10-13-7-5-6-8-14(13)20/h5-9,11,15H,10H2,1-4H3/q+1. The van der Waals surface area contributed by atoms with E-state index in [1.165, 1.54) is 9.80 Å². The molecule has 0 spiro atoms. The van der Waals surface area contributed by atoms with Crippen molar-refractivity contribution >= 4 is 35.3 Å². The largest absolute Gasteiger partial charge is 0.402 e. The zero-order chi connectivity index (χ0) is 19.5. The fraction of sp³-hybridized carbons (Fsp3) is 0.368. The molecule has 1 atom stereocenters. The van der Waals surface area contributed by atoms with Gasteiger partial charge in [0.15, 0.2) is 0 Å². The van der Waals surface area contributed by atoms with E-state index in [-0.39, 0.29) is 18.5 Å².